The van der Waals surface area contributed by atoms with E-state index in [4.69, 9.17) is 16.3 Å². The third kappa shape index (κ3) is 9.78. The number of ether oxygens (including phenoxy) is 1. The first-order chi connectivity index (χ1) is 24.5. The molecular weight excluding hydrogens is 682 g/mol. The first-order valence-corrected chi connectivity index (χ1v) is 18.7. The molecule has 0 fully saturated rings. The Balaban J connectivity index is 1.57. The van der Waals surface area contributed by atoms with Crippen LogP contribution in [0.2, 0.25) is 5.02 Å². The van der Waals surface area contributed by atoms with Crippen molar-refractivity contribution in [2.45, 2.75) is 57.1 Å². The summed E-state index contributed by atoms with van der Waals surface area (Å²) in [5, 5.41) is 3.47. The second-order valence-corrected chi connectivity index (χ2v) is 14.6. The van der Waals surface area contributed by atoms with Gasteiger partial charge in [-0.3, -0.25) is 13.9 Å². The smallest absolute Gasteiger partial charge is 0.264 e. The molecule has 0 spiro atoms. The third-order valence-corrected chi connectivity index (χ3v) is 10.7. The zero-order valence-corrected chi connectivity index (χ0v) is 30.5. The molecule has 5 aromatic rings. The molecule has 5 aromatic carbocycles. The van der Waals surface area contributed by atoms with Gasteiger partial charge in [0.2, 0.25) is 11.8 Å². The molecule has 0 radical (unpaired) electrons. The Morgan fingerprint density at radius 1 is 0.784 bits per heavy atom. The molecule has 0 saturated heterocycles. The van der Waals surface area contributed by atoms with Crippen molar-refractivity contribution in [2.24, 2.45) is 0 Å². The van der Waals surface area contributed by atoms with Gasteiger partial charge >= 0.3 is 0 Å². The number of sulfonamides is 1. The number of rotatable bonds is 15. The zero-order valence-electron chi connectivity index (χ0n) is 28.9. The van der Waals surface area contributed by atoms with Crippen LogP contribution in [-0.2, 0) is 32.6 Å². The van der Waals surface area contributed by atoms with Crippen LogP contribution in [0.4, 0.5) is 5.69 Å². The van der Waals surface area contributed by atoms with Gasteiger partial charge < -0.3 is 15.0 Å². The van der Waals surface area contributed by atoms with Gasteiger partial charge in [-0.05, 0) is 86.0 Å². The highest BCUT2D eigenvalue weighted by molar-refractivity contribution is 7.92. The molecule has 5 rings (SSSR count). The summed E-state index contributed by atoms with van der Waals surface area (Å²) in [7, 11) is -4.26. The van der Waals surface area contributed by atoms with E-state index in [1.165, 1.54) is 17.0 Å². The number of hydrogen-bond acceptors (Lipinski definition) is 5. The average Bonchev–Trinajstić information content (AvgIpc) is 3.14. The van der Waals surface area contributed by atoms with Gasteiger partial charge in [0.1, 0.15) is 24.1 Å². The molecule has 2 atom stereocenters. The molecule has 1 N–H and O–H groups in total. The number of benzene rings is 5. The maximum atomic E-state index is 14.7. The first-order valence-electron chi connectivity index (χ1n) is 16.8. The van der Waals surface area contributed by atoms with Gasteiger partial charge in [-0.25, -0.2) is 8.42 Å². The van der Waals surface area contributed by atoms with Crippen LogP contribution in [0.25, 0.3) is 0 Å². The summed E-state index contributed by atoms with van der Waals surface area (Å²) in [5.74, 6) is 0.202. The molecule has 2 amide bonds. The summed E-state index contributed by atoms with van der Waals surface area (Å²) in [4.78, 5) is 30.3. The number of nitrogens with one attached hydrogen (secondary N) is 1. The predicted molar refractivity (Wildman–Crippen MR) is 203 cm³/mol. The molecule has 264 valence electrons. The number of carbonyl (C=O) groups excluding carboxylic acids is 2. The fraction of sp³-hybridized carbons (Fsp3) is 0.220. The summed E-state index contributed by atoms with van der Waals surface area (Å²) in [6.07, 6.45) is 0.893. The summed E-state index contributed by atoms with van der Waals surface area (Å²) in [5.41, 5.74) is 2.61. The van der Waals surface area contributed by atoms with Crippen LogP contribution in [0.5, 0.6) is 11.5 Å². The van der Waals surface area contributed by atoms with Crippen LogP contribution in [0.15, 0.2) is 138 Å². The van der Waals surface area contributed by atoms with Gasteiger partial charge in [-0.1, -0.05) is 103 Å². The zero-order chi connectivity index (χ0) is 36.4. The molecule has 0 bridgehead atoms. The predicted octanol–water partition coefficient (Wildman–Crippen LogP) is 8.19. The van der Waals surface area contributed by atoms with Crippen molar-refractivity contribution in [1.82, 2.24) is 10.2 Å². The quantitative estimate of drug-likeness (QED) is 0.118. The fourth-order valence-corrected chi connectivity index (χ4v) is 7.09. The summed E-state index contributed by atoms with van der Waals surface area (Å²) in [6, 6.07) is 37.6. The summed E-state index contributed by atoms with van der Waals surface area (Å²) in [6.45, 7) is 5.13. The second kappa shape index (κ2) is 17.2. The van der Waals surface area contributed by atoms with Crippen molar-refractivity contribution in [2.75, 3.05) is 10.8 Å². The van der Waals surface area contributed by atoms with E-state index in [0.29, 0.717) is 28.5 Å². The molecule has 10 heteroatoms. The van der Waals surface area contributed by atoms with Crippen LogP contribution in [-0.4, -0.2) is 43.8 Å². The van der Waals surface area contributed by atoms with E-state index in [9.17, 15) is 18.0 Å². The topological polar surface area (TPSA) is 96.0 Å². The van der Waals surface area contributed by atoms with Crippen LogP contribution >= 0.6 is 11.6 Å². The minimum absolute atomic E-state index is 0.0216. The highest BCUT2D eigenvalue weighted by Crippen LogP contribution is 2.29. The third-order valence-electron chi connectivity index (χ3n) is 8.56. The van der Waals surface area contributed by atoms with E-state index < -0.39 is 28.5 Å². The largest absolute Gasteiger partial charge is 0.457 e. The van der Waals surface area contributed by atoms with E-state index in [2.05, 4.69) is 5.32 Å². The molecule has 0 aromatic heterocycles. The Bertz CT molecular complexity index is 2010. The van der Waals surface area contributed by atoms with Crippen molar-refractivity contribution in [3.8, 4) is 11.5 Å². The van der Waals surface area contributed by atoms with Crippen molar-refractivity contribution >= 4 is 39.1 Å². The first kappa shape index (κ1) is 37.1. The van der Waals surface area contributed by atoms with Gasteiger partial charge in [-0.2, -0.15) is 0 Å². The van der Waals surface area contributed by atoms with E-state index in [-0.39, 0.29) is 35.5 Å². The number of amides is 2. The van der Waals surface area contributed by atoms with Crippen molar-refractivity contribution in [1.29, 1.82) is 0 Å². The Hall–Kier alpha value is -5.12. The summed E-state index contributed by atoms with van der Waals surface area (Å²) < 4.78 is 35.8. The molecule has 0 unspecified atom stereocenters. The lowest BCUT2D eigenvalue weighted by molar-refractivity contribution is -0.140. The molecule has 0 heterocycles. The van der Waals surface area contributed by atoms with E-state index >= 15 is 0 Å². The molecule has 0 saturated carbocycles. The minimum atomic E-state index is -4.26. The Labute approximate surface area is 305 Å². The lowest BCUT2D eigenvalue weighted by Crippen LogP contribution is -2.54. The number of nitrogens with zero attached hydrogens (tertiary/aromatic N) is 2. The lowest BCUT2D eigenvalue weighted by Gasteiger charge is -2.34. The van der Waals surface area contributed by atoms with Gasteiger partial charge in [0.25, 0.3) is 10.0 Å². The number of para-hydroxylation sites is 1. The molecule has 0 aliphatic rings. The molecule has 8 nitrogen and oxygen atoms in total. The summed E-state index contributed by atoms with van der Waals surface area (Å²) >= 11 is 6.61. The minimum Gasteiger partial charge on any atom is -0.457 e. The molecule has 51 heavy (non-hydrogen) atoms. The molecular formula is C41H42ClN3O5S. The fourth-order valence-electron chi connectivity index (χ4n) is 5.48. The lowest BCUT2D eigenvalue weighted by atomic mass is 10.0. The SMILES string of the molecule is CC[C@H](C)NC(=O)[C@H](Cc1ccccc1)N(Cc1ccccc1Cl)C(=O)CN(c1ccc(Oc2ccccc2)cc1)S(=O)(=O)c1ccc(C)cc1. The van der Waals surface area contributed by atoms with Crippen LogP contribution in [0.1, 0.15) is 37.0 Å². The number of halogens is 1. The Kier molecular flexibility index (Phi) is 12.5. The normalized spacial score (nSPS) is 12.4. The van der Waals surface area contributed by atoms with E-state index in [1.54, 1.807) is 54.6 Å². The van der Waals surface area contributed by atoms with Gasteiger partial charge in [-0.15, -0.1) is 0 Å². The highest BCUT2D eigenvalue weighted by Gasteiger charge is 2.35. The van der Waals surface area contributed by atoms with Crippen molar-refractivity contribution in [3.05, 3.63) is 155 Å². The Morgan fingerprint density at radius 2 is 1.37 bits per heavy atom. The Morgan fingerprint density at radius 3 is 2.00 bits per heavy atom. The number of aryl methyl sites for hydroxylation is 1. The van der Waals surface area contributed by atoms with Crippen LogP contribution < -0.4 is 14.4 Å². The van der Waals surface area contributed by atoms with Crippen molar-refractivity contribution in [3.63, 3.8) is 0 Å². The molecule has 0 aliphatic carbocycles. The number of anilines is 1. The second-order valence-electron chi connectivity index (χ2n) is 12.4. The van der Waals surface area contributed by atoms with Gasteiger partial charge in [0.05, 0.1) is 10.6 Å². The van der Waals surface area contributed by atoms with Gasteiger partial charge in [0, 0.05) is 24.0 Å². The standard InChI is InChI=1S/C41H42ClN3O5S/c1-4-31(3)43-41(47)39(27-32-13-7-5-8-14-32)44(28-33-15-11-12-18-38(33)42)40(46)29-45(51(48,49)37-25-19-30(2)20-26-37)34-21-23-36(24-22-34)50-35-16-9-6-10-17-35/h5-26,31,39H,4,27-29H2,1-3H3,(H,43,47)/t31-,39-/m0/s1. The monoisotopic (exact) mass is 723 g/mol. The van der Waals surface area contributed by atoms with E-state index in [0.717, 1.165) is 15.4 Å². The van der Waals surface area contributed by atoms with Crippen LogP contribution in [0, 0.1) is 6.92 Å². The number of hydrogen-bond donors (Lipinski definition) is 1. The van der Waals surface area contributed by atoms with Crippen LogP contribution in [0.3, 0.4) is 0 Å². The van der Waals surface area contributed by atoms with E-state index in [1.807, 2.05) is 87.5 Å². The number of carbonyl (C=O) groups is 2. The average molecular weight is 724 g/mol. The van der Waals surface area contributed by atoms with Crippen molar-refractivity contribution < 1.29 is 22.7 Å². The highest BCUT2D eigenvalue weighted by atomic mass is 35.5. The molecule has 0 aliphatic heterocycles. The van der Waals surface area contributed by atoms with Gasteiger partial charge in [0.15, 0.2) is 0 Å². The maximum absolute atomic E-state index is 14.7. The maximum Gasteiger partial charge on any atom is 0.264 e.